The van der Waals surface area contributed by atoms with Gasteiger partial charge in [0.15, 0.2) is 11.6 Å². The van der Waals surface area contributed by atoms with E-state index in [1.807, 2.05) is 27.7 Å². The molecule has 0 spiro atoms. The summed E-state index contributed by atoms with van der Waals surface area (Å²) in [6, 6.07) is 0. The Hall–Kier alpha value is -1.48. The Kier molecular flexibility index (Phi) is 6.44. The smallest absolute Gasteiger partial charge is 0.162 e. The highest BCUT2D eigenvalue weighted by Gasteiger charge is 2.40. The molecule has 2 aliphatic heterocycles. The summed E-state index contributed by atoms with van der Waals surface area (Å²) >= 11 is 0. The average Bonchev–Trinajstić information content (AvgIpc) is 2.58. The summed E-state index contributed by atoms with van der Waals surface area (Å²) in [5.74, 6) is 10.9. The summed E-state index contributed by atoms with van der Waals surface area (Å²) in [6.45, 7) is 9.84. The SMILES string of the molecule is C#CCC1(CC#CCC2(CC#C)COC(C)(C)OC2)COC(C)(C)OC1. The van der Waals surface area contributed by atoms with Gasteiger partial charge in [0.1, 0.15) is 0 Å². The van der Waals surface area contributed by atoms with E-state index >= 15 is 0 Å². The molecule has 0 saturated carbocycles. The van der Waals surface area contributed by atoms with Crippen LogP contribution in [0.5, 0.6) is 0 Å². The average molecular weight is 358 g/mol. The molecule has 0 unspecified atom stereocenters. The highest BCUT2D eigenvalue weighted by Crippen LogP contribution is 2.37. The molecule has 4 heteroatoms. The van der Waals surface area contributed by atoms with Crippen LogP contribution in [0.1, 0.15) is 53.4 Å². The first-order valence-corrected chi connectivity index (χ1v) is 9.04. The fourth-order valence-electron chi connectivity index (χ4n) is 2.94. The maximum Gasteiger partial charge on any atom is 0.162 e. The minimum Gasteiger partial charge on any atom is -0.350 e. The van der Waals surface area contributed by atoms with Crippen molar-refractivity contribution < 1.29 is 18.9 Å². The molecule has 0 N–H and O–H groups in total. The molecule has 26 heavy (non-hydrogen) atoms. The van der Waals surface area contributed by atoms with Crippen molar-refractivity contribution in [1.29, 1.82) is 0 Å². The minimum atomic E-state index is -0.564. The van der Waals surface area contributed by atoms with Gasteiger partial charge in [0.25, 0.3) is 0 Å². The van der Waals surface area contributed by atoms with Gasteiger partial charge >= 0.3 is 0 Å². The van der Waals surface area contributed by atoms with Crippen molar-refractivity contribution in [3.63, 3.8) is 0 Å². The second-order valence-electron chi connectivity index (χ2n) is 8.42. The van der Waals surface area contributed by atoms with Crippen molar-refractivity contribution >= 4 is 0 Å². The van der Waals surface area contributed by atoms with Gasteiger partial charge in [0.05, 0.1) is 26.4 Å². The minimum absolute atomic E-state index is 0.252. The molecule has 0 aliphatic carbocycles. The molecule has 2 heterocycles. The third kappa shape index (κ3) is 5.51. The van der Waals surface area contributed by atoms with E-state index in [2.05, 4.69) is 23.7 Å². The largest absolute Gasteiger partial charge is 0.350 e. The fourth-order valence-corrected chi connectivity index (χ4v) is 2.94. The summed E-state index contributed by atoms with van der Waals surface area (Å²) in [7, 11) is 0. The van der Waals surface area contributed by atoms with Crippen LogP contribution in [0.3, 0.4) is 0 Å². The Balaban J connectivity index is 1.99. The zero-order valence-corrected chi connectivity index (χ0v) is 16.4. The highest BCUT2D eigenvalue weighted by molar-refractivity contribution is 5.11. The van der Waals surface area contributed by atoms with Crippen LogP contribution in [0.2, 0.25) is 0 Å². The van der Waals surface area contributed by atoms with Crippen LogP contribution in [-0.4, -0.2) is 38.0 Å². The van der Waals surface area contributed by atoms with Gasteiger partial charge in [-0.05, 0) is 27.7 Å². The molecule has 0 aromatic rings. The van der Waals surface area contributed by atoms with E-state index in [0.29, 0.717) is 52.1 Å². The molecule has 2 saturated heterocycles. The van der Waals surface area contributed by atoms with Crippen LogP contribution in [-0.2, 0) is 18.9 Å². The van der Waals surface area contributed by atoms with Gasteiger partial charge in [-0.3, -0.25) is 0 Å². The van der Waals surface area contributed by atoms with Gasteiger partial charge < -0.3 is 18.9 Å². The molecular weight excluding hydrogens is 328 g/mol. The standard InChI is InChI=1S/C22H30O4/c1-7-11-21(15-23-19(3,4)24-16-21)13-9-10-14-22(12-8-2)17-25-20(5,6)26-18-22/h1-2H,11-18H2,3-6H3. The zero-order valence-electron chi connectivity index (χ0n) is 16.4. The van der Waals surface area contributed by atoms with E-state index in [1.54, 1.807) is 0 Å². The third-order valence-electron chi connectivity index (χ3n) is 4.91. The molecule has 0 aromatic carbocycles. The van der Waals surface area contributed by atoms with Crippen LogP contribution in [0.4, 0.5) is 0 Å². The second-order valence-corrected chi connectivity index (χ2v) is 8.42. The van der Waals surface area contributed by atoms with Crippen molar-refractivity contribution in [2.45, 2.75) is 65.0 Å². The van der Waals surface area contributed by atoms with E-state index in [4.69, 9.17) is 31.8 Å². The zero-order chi connectivity index (χ0) is 19.3. The Morgan fingerprint density at radius 1 is 0.615 bits per heavy atom. The summed E-state index contributed by atoms with van der Waals surface area (Å²) in [5, 5.41) is 0. The molecule has 2 aliphatic rings. The summed E-state index contributed by atoms with van der Waals surface area (Å²) < 4.78 is 23.2. The topological polar surface area (TPSA) is 36.9 Å². The van der Waals surface area contributed by atoms with Crippen molar-refractivity contribution in [2.24, 2.45) is 10.8 Å². The van der Waals surface area contributed by atoms with E-state index in [9.17, 15) is 0 Å². The molecule has 142 valence electrons. The molecular formula is C22H30O4. The maximum atomic E-state index is 5.81. The molecule has 0 bridgehead atoms. The van der Waals surface area contributed by atoms with Crippen molar-refractivity contribution in [1.82, 2.24) is 0 Å². The van der Waals surface area contributed by atoms with Gasteiger partial charge in [-0.15, -0.1) is 36.5 Å². The number of ether oxygens (including phenoxy) is 4. The molecule has 2 fully saturated rings. The van der Waals surface area contributed by atoms with E-state index < -0.39 is 11.6 Å². The monoisotopic (exact) mass is 358 g/mol. The number of terminal acetylenes is 2. The normalized spacial score (nSPS) is 25.2. The molecule has 4 nitrogen and oxygen atoms in total. The lowest BCUT2D eigenvalue weighted by molar-refractivity contribution is -0.284. The van der Waals surface area contributed by atoms with Crippen LogP contribution in [0, 0.1) is 47.4 Å². The highest BCUT2D eigenvalue weighted by atomic mass is 16.7. The first kappa shape index (κ1) is 20.8. The predicted octanol–water partition coefficient (Wildman–Crippen LogP) is 3.36. The van der Waals surface area contributed by atoms with Crippen molar-refractivity contribution in [2.75, 3.05) is 26.4 Å². The second kappa shape index (κ2) is 8.04. The number of rotatable bonds is 4. The quantitative estimate of drug-likeness (QED) is 0.722. The van der Waals surface area contributed by atoms with Crippen LogP contribution in [0.25, 0.3) is 0 Å². The lowest BCUT2D eigenvalue weighted by atomic mass is 9.80. The van der Waals surface area contributed by atoms with Crippen molar-refractivity contribution in [3.05, 3.63) is 0 Å². The Morgan fingerprint density at radius 2 is 0.923 bits per heavy atom. The first-order chi connectivity index (χ1) is 12.2. The van der Waals surface area contributed by atoms with E-state index in [1.165, 1.54) is 0 Å². The van der Waals surface area contributed by atoms with Gasteiger partial charge in [-0.1, -0.05) is 0 Å². The van der Waals surface area contributed by atoms with Gasteiger partial charge in [0.2, 0.25) is 0 Å². The molecule has 0 aromatic heterocycles. The molecule has 2 rings (SSSR count). The summed E-state index contributed by atoms with van der Waals surface area (Å²) in [6.07, 6.45) is 13.5. The van der Waals surface area contributed by atoms with E-state index in [-0.39, 0.29) is 10.8 Å². The van der Waals surface area contributed by atoms with Crippen LogP contribution < -0.4 is 0 Å². The Bertz CT molecular complexity index is 562. The fraction of sp³-hybridized carbons (Fsp3) is 0.727. The maximum absolute atomic E-state index is 5.81. The Labute approximate surface area is 158 Å². The summed E-state index contributed by atoms with van der Waals surface area (Å²) in [5.41, 5.74) is -0.504. The lowest BCUT2D eigenvalue weighted by Crippen LogP contribution is -2.46. The first-order valence-electron chi connectivity index (χ1n) is 9.04. The van der Waals surface area contributed by atoms with Gasteiger partial charge in [-0.2, -0.15) is 0 Å². The van der Waals surface area contributed by atoms with Crippen molar-refractivity contribution in [3.8, 4) is 36.5 Å². The molecule has 0 amide bonds. The van der Waals surface area contributed by atoms with Gasteiger partial charge in [0, 0.05) is 36.5 Å². The summed E-state index contributed by atoms with van der Waals surface area (Å²) in [4.78, 5) is 0. The third-order valence-corrected chi connectivity index (χ3v) is 4.91. The number of hydrogen-bond acceptors (Lipinski definition) is 4. The van der Waals surface area contributed by atoms with E-state index in [0.717, 1.165) is 0 Å². The number of hydrogen-bond donors (Lipinski definition) is 0. The van der Waals surface area contributed by atoms with Crippen LogP contribution >= 0.6 is 0 Å². The van der Waals surface area contributed by atoms with Crippen LogP contribution in [0.15, 0.2) is 0 Å². The van der Waals surface area contributed by atoms with Gasteiger partial charge in [-0.25, -0.2) is 0 Å². The molecule has 0 atom stereocenters. The molecule has 0 radical (unpaired) electrons. The predicted molar refractivity (Wildman–Crippen MR) is 101 cm³/mol. The lowest BCUT2D eigenvalue weighted by Gasteiger charge is -2.42. The Morgan fingerprint density at radius 3 is 1.19 bits per heavy atom.